The quantitative estimate of drug-likeness (QED) is 0.657. The van der Waals surface area contributed by atoms with E-state index in [1.807, 2.05) is 6.20 Å². The molecule has 1 heterocycles. The zero-order valence-electron chi connectivity index (χ0n) is 15.4. The Morgan fingerprint density at radius 1 is 1.08 bits per heavy atom. The Bertz CT molecular complexity index is 634. The van der Waals surface area contributed by atoms with Crippen LogP contribution in [0.1, 0.15) is 70.9 Å². The van der Waals surface area contributed by atoms with Crippen molar-refractivity contribution in [2.45, 2.75) is 78.7 Å². The highest BCUT2D eigenvalue weighted by Crippen LogP contribution is 2.74. The van der Waals surface area contributed by atoms with Gasteiger partial charge in [-0.05, 0) is 103 Å². The number of halogens is 1. The third-order valence-electron chi connectivity index (χ3n) is 7.20. The predicted octanol–water partition coefficient (Wildman–Crippen LogP) is 4.94. The highest BCUT2D eigenvalue weighted by atomic mass is 127. The van der Waals surface area contributed by atoms with Crippen LogP contribution in [0, 0.1) is 32.2 Å². The van der Waals surface area contributed by atoms with E-state index in [4.69, 9.17) is 5.10 Å². The van der Waals surface area contributed by atoms with Gasteiger partial charge >= 0.3 is 0 Å². The molecule has 1 aromatic rings. The Hall–Kier alpha value is -0.100. The summed E-state index contributed by atoms with van der Waals surface area (Å²) in [5.41, 5.74) is 3.19. The summed E-state index contributed by atoms with van der Waals surface area (Å²) in [5.74, 6) is 0. The maximum absolute atomic E-state index is 9.42. The highest BCUT2D eigenvalue weighted by molar-refractivity contribution is 14.1. The van der Waals surface area contributed by atoms with Gasteiger partial charge < -0.3 is 5.11 Å². The molecule has 24 heavy (non-hydrogen) atoms. The summed E-state index contributed by atoms with van der Waals surface area (Å²) in [6, 6.07) is 0. The topological polar surface area (TPSA) is 38.0 Å². The van der Waals surface area contributed by atoms with Crippen molar-refractivity contribution >= 4 is 22.6 Å². The number of hydrogen-bond donors (Lipinski definition) is 1. The summed E-state index contributed by atoms with van der Waals surface area (Å²) in [5, 5.41) is 14.1. The number of aliphatic hydroxyl groups excluding tert-OH is 1. The number of hydrogen-bond acceptors (Lipinski definition) is 2. The summed E-state index contributed by atoms with van der Waals surface area (Å²) in [4.78, 5) is 0. The van der Waals surface area contributed by atoms with Gasteiger partial charge in [-0.15, -0.1) is 0 Å². The molecule has 1 N–H and O–H groups in total. The molecule has 5 rings (SSSR count). The Morgan fingerprint density at radius 3 is 2.25 bits per heavy atom. The summed E-state index contributed by atoms with van der Waals surface area (Å²) >= 11 is 2.40. The van der Waals surface area contributed by atoms with Gasteiger partial charge in [0.1, 0.15) is 0 Å². The fourth-order valence-electron chi connectivity index (χ4n) is 7.98. The zero-order chi connectivity index (χ0) is 17.2. The van der Waals surface area contributed by atoms with Gasteiger partial charge in [0.25, 0.3) is 0 Å². The van der Waals surface area contributed by atoms with E-state index in [-0.39, 0.29) is 0 Å². The molecule has 134 valence electrons. The van der Waals surface area contributed by atoms with E-state index in [9.17, 15) is 5.11 Å². The molecule has 3 nitrogen and oxygen atoms in total. The van der Waals surface area contributed by atoms with Crippen molar-refractivity contribution in [3.63, 3.8) is 0 Å². The van der Waals surface area contributed by atoms with E-state index in [2.05, 4.69) is 48.0 Å². The molecule has 0 spiro atoms. The van der Waals surface area contributed by atoms with E-state index in [1.165, 1.54) is 54.2 Å². The van der Waals surface area contributed by atoms with E-state index in [1.54, 1.807) is 0 Å². The standard InChI is InChI=1S/C20H31IN2O/c1-15-16(21)7-22-23(15)14-20-11-17(2)8-18(3,12-20)10-19(9-17,13-20)5-4-6-24/h7,24H,4-6,8-14H2,1-3H3. The van der Waals surface area contributed by atoms with E-state index < -0.39 is 0 Å². The summed E-state index contributed by atoms with van der Waals surface area (Å²) < 4.78 is 3.56. The van der Waals surface area contributed by atoms with Crippen LogP contribution < -0.4 is 0 Å². The number of rotatable bonds is 5. The van der Waals surface area contributed by atoms with Gasteiger partial charge in [-0.2, -0.15) is 5.10 Å². The van der Waals surface area contributed by atoms with Crippen LogP contribution in [0.2, 0.25) is 0 Å². The van der Waals surface area contributed by atoms with E-state index >= 15 is 0 Å². The molecular formula is C20H31IN2O. The second-order valence-electron chi connectivity index (χ2n) is 10.2. The lowest BCUT2D eigenvalue weighted by Crippen LogP contribution is -2.60. The zero-order valence-corrected chi connectivity index (χ0v) is 17.5. The van der Waals surface area contributed by atoms with Crippen LogP contribution in [0.15, 0.2) is 6.20 Å². The molecule has 1 aromatic heterocycles. The van der Waals surface area contributed by atoms with Crippen molar-refractivity contribution in [1.82, 2.24) is 9.78 Å². The van der Waals surface area contributed by atoms with Crippen LogP contribution in [0.3, 0.4) is 0 Å². The first-order valence-electron chi connectivity index (χ1n) is 9.49. The van der Waals surface area contributed by atoms with Crippen molar-refractivity contribution in [3.8, 4) is 0 Å². The molecule has 4 heteroatoms. The van der Waals surface area contributed by atoms with Crippen molar-refractivity contribution in [1.29, 1.82) is 0 Å². The monoisotopic (exact) mass is 442 g/mol. The molecule has 0 radical (unpaired) electrons. The lowest BCUT2D eigenvalue weighted by Gasteiger charge is -2.70. The first-order valence-corrected chi connectivity index (χ1v) is 10.6. The lowest BCUT2D eigenvalue weighted by atomic mass is 9.35. The molecule has 2 unspecified atom stereocenters. The minimum Gasteiger partial charge on any atom is -0.396 e. The van der Waals surface area contributed by atoms with Crippen molar-refractivity contribution < 1.29 is 5.11 Å². The molecule has 4 bridgehead atoms. The summed E-state index contributed by atoms with van der Waals surface area (Å²) in [6.45, 7) is 8.74. The molecule has 4 aliphatic rings. The third kappa shape index (κ3) is 2.76. The van der Waals surface area contributed by atoms with Gasteiger partial charge in [-0.1, -0.05) is 13.8 Å². The predicted molar refractivity (Wildman–Crippen MR) is 105 cm³/mol. The molecule has 4 aliphatic carbocycles. The molecule has 0 amide bonds. The van der Waals surface area contributed by atoms with Gasteiger partial charge in [0.15, 0.2) is 0 Å². The average Bonchev–Trinajstić information content (AvgIpc) is 2.73. The van der Waals surface area contributed by atoms with Gasteiger partial charge in [0.05, 0.1) is 9.77 Å². The molecular weight excluding hydrogens is 411 g/mol. The number of aliphatic hydroxyl groups is 1. The Labute approximate surface area is 159 Å². The second kappa shape index (κ2) is 5.45. The van der Waals surface area contributed by atoms with Crippen LogP contribution in [0.4, 0.5) is 0 Å². The average molecular weight is 442 g/mol. The fourth-order valence-corrected chi connectivity index (χ4v) is 8.39. The minimum atomic E-state index is 0.346. The summed E-state index contributed by atoms with van der Waals surface area (Å²) in [6.07, 6.45) is 12.5. The van der Waals surface area contributed by atoms with Gasteiger partial charge in [0, 0.05) is 18.8 Å². The maximum Gasteiger partial charge on any atom is 0.0626 e. The largest absolute Gasteiger partial charge is 0.396 e. The lowest BCUT2D eigenvalue weighted by molar-refractivity contribution is -0.198. The molecule has 4 fully saturated rings. The van der Waals surface area contributed by atoms with Gasteiger partial charge in [0.2, 0.25) is 0 Å². The minimum absolute atomic E-state index is 0.346. The fraction of sp³-hybridized carbons (Fsp3) is 0.850. The maximum atomic E-state index is 9.42. The Balaban J connectivity index is 1.69. The molecule has 2 atom stereocenters. The van der Waals surface area contributed by atoms with Gasteiger partial charge in [-0.25, -0.2) is 0 Å². The van der Waals surface area contributed by atoms with Crippen LogP contribution in [0.25, 0.3) is 0 Å². The molecule has 0 aromatic carbocycles. The third-order valence-corrected chi connectivity index (χ3v) is 8.26. The van der Waals surface area contributed by atoms with Crippen LogP contribution in [-0.4, -0.2) is 21.5 Å². The molecule has 0 saturated heterocycles. The summed E-state index contributed by atoms with van der Waals surface area (Å²) in [7, 11) is 0. The van der Waals surface area contributed by atoms with Crippen molar-refractivity contribution in [3.05, 3.63) is 15.5 Å². The van der Waals surface area contributed by atoms with Crippen LogP contribution >= 0.6 is 22.6 Å². The smallest absolute Gasteiger partial charge is 0.0626 e. The van der Waals surface area contributed by atoms with Gasteiger partial charge in [-0.3, -0.25) is 4.68 Å². The Morgan fingerprint density at radius 2 is 1.71 bits per heavy atom. The normalized spacial score (nSPS) is 43.5. The highest BCUT2D eigenvalue weighted by Gasteiger charge is 2.65. The Kier molecular flexibility index (Phi) is 3.93. The van der Waals surface area contributed by atoms with Crippen LogP contribution in [0.5, 0.6) is 0 Å². The number of nitrogens with zero attached hydrogens (tertiary/aromatic N) is 2. The van der Waals surface area contributed by atoms with Crippen molar-refractivity contribution in [2.24, 2.45) is 21.7 Å². The van der Waals surface area contributed by atoms with E-state index in [0.29, 0.717) is 28.3 Å². The molecule has 4 saturated carbocycles. The van der Waals surface area contributed by atoms with E-state index in [0.717, 1.165) is 13.0 Å². The second-order valence-corrected chi connectivity index (χ2v) is 11.4. The SMILES string of the molecule is Cc1c(I)cnn1CC12CC3(C)CC(C)(CC(CCCO)(C3)C1)C2. The molecule has 0 aliphatic heterocycles. The van der Waals surface area contributed by atoms with Crippen molar-refractivity contribution in [2.75, 3.05) is 6.61 Å². The van der Waals surface area contributed by atoms with Crippen LogP contribution in [-0.2, 0) is 6.54 Å². The first kappa shape index (κ1) is 17.3. The first-order chi connectivity index (χ1) is 11.2. The number of aromatic nitrogens is 2.